The van der Waals surface area contributed by atoms with Gasteiger partial charge in [-0.05, 0) is 0 Å². The van der Waals surface area contributed by atoms with E-state index in [1.165, 1.54) is 6.92 Å². The zero-order chi connectivity index (χ0) is 13.5. The number of nitrogens with one attached hydrogen (secondary N) is 2. The van der Waals surface area contributed by atoms with Crippen LogP contribution in [0.2, 0.25) is 0 Å². The van der Waals surface area contributed by atoms with Gasteiger partial charge >= 0.3 is 0 Å². The molecule has 2 amide bonds. The van der Waals surface area contributed by atoms with Crippen molar-refractivity contribution in [1.82, 2.24) is 15.0 Å². The predicted octanol–water partition coefficient (Wildman–Crippen LogP) is -2.08. The molecule has 0 bridgehead atoms. The summed E-state index contributed by atoms with van der Waals surface area (Å²) in [4.78, 5) is 26.2. The van der Waals surface area contributed by atoms with Crippen molar-refractivity contribution in [3.63, 3.8) is 0 Å². The molecule has 0 radical (unpaired) electrons. The Hall–Kier alpha value is -2.09. The zero-order valence-corrected chi connectivity index (χ0v) is 10.2. The van der Waals surface area contributed by atoms with Gasteiger partial charge in [0.2, 0.25) is 11.8 Å². The minimum atomic E-state index is -0.750. The van der Waals surface area contributed by atoms with Gasteiger partial charge in [0.05, 0.1) is 5.69 Å². The van der Waals surface area contributed by atoms with E-state index in [0.29, 0.717) is 18.8 Å². The Kier molecular flexibility index (Phi) is 5.12. The Balaban J connectivity index is 2.60. The van der Waals surface area contributed by atoms with E-state index < -0.39 is 11.9 Å². The fourth-order valence-electron chi connectivity index (χ4n) is 1.43. The lowest BCUT2D eigenvalue weighted by molar-refractivity contribution is -0.126. The van der Waals surface area contributed by atoms with Gasteiger partial charge in [0.1, 0.15) is 12.4 Å². The highest BCUT2D eigenvalue weighted by atomic mass is 16.2. The normalized spacial score (nSPS) is 11.9. The van der Waals surface area contributed by atoms with Crippen molar-refractivity contribution in [2.45, 2.75) is 19.4 Å². The van der Waals surface area contributed by atoms with E-state index in [-0.39, 0.29) is 12.3 Å². The number of hydrogen-bond donors (Lipinski definition) is 4. The standard InChI is InChI=1S/C10H18N6O2/c1-7(17)15-9(10(12)18)4-8-5-16(6-13-8)14-3-2-11/h5-6,9,14H,2-4,11H2,1H3,(H2,12,18)(H,15,17)/t9-/m0/s1. The van der Waals surface area contributed by atoms with Crippen LogP contribution in [0.25, 0.3) is 0 Å². The number of imidazole rings is 1. The van der Waals surface area contributed by atoms with Crippen molar-refractivity contribution in [2.75, 3.05) is 18.5 Å². The molecule has 100 valence electrons. The number of nitrogens with two attached hydrogens (primary N) is 2. The van der Waals surface area contributed by atoms with E-state index in [9.17, 15) is 9.59 Å². The lowest BCUT2D eigenvalue weighted by Gasteiger charge is -2.12. The number of carbonyl (C=O) groups excluding carboxylic acids is 2. The molecule has 0 aliphatic rings. The number of primary amides is 1. The second kappa shape index (κ2) is 6.60. The highest BCUT2D eigenvalue weighted by Crippen LogP contribution is 2.00. The van der Waals surface area contributed by atoms with Gasteiger partial charge in [-0.15, -0.1) is 0 Å². The maximum absolute atomic E-state index is 11.2. The fraction of sp³-hybridized carbons (Fsp3) is 0.500. The summed E-state index contributed by atoms with van der Waals surface area (Å²) in [6, 6.07) is -0.750. The van der Waals surface area contributed by atoms with E-state index in [1.807, 2.05) is 0 Å². The molecule has 6 N–H and O–H groups in total. The second-order valence-electron chi connectivity index (χ2n) is 3.83. The molecule has 0 saturated heterocycles. The Morgan fingerprint density at radius 3 is 2.83 bits per heavy atom. The average Bonchev–Trinajstić information content (AvgIpc) is 2.72. The summed E-state index contributed by atoms with van der Waals surface area (Å²) < 4.78 is 1.65. The highest BCUT2D eigenvalue weighted by Gasteiger charge is 2.18. The molecular formula is C10H18N6O2. The Bertz CT molecular complexity index is 416. The SMILES string of the molecule is CC(=O)N[C@@H](Cc1cn(NCCN)cn1)C(N)=O. The summed E-state index contributed by atoms with van der Waals surface area (Å²) in [5, 5.41) is 2.48. The molecule has 0 spiro atoms. The number of carbonyl (C=O) groups is 2. The van der Waals surface area contributed by atoms with Crippen LogP contribution in [-0.4, -0.2) is 40.6 Å². The third kappa shape index (κ3) is 4.42. The Morgan fingerprint density at radius 2 is 2.28 bits per heavy atom. The number of nitrogens with zero attached hydrogens (tertiary/aromatic N) is 2. The van der Waals surface area contributed by atoms with Crippen LogP contribution in [0.5, 0.6) is 0 Å². The summed E-state index contributed by atoms with van der Waals surface area (Å²) in [5.74, 6) is -0.894. The van der Waals surface area contributed by atoms with Crippen molar-refractivity contribution in [3.05, 3.63) is 18.2 Å². The van der Waals surface area contributed by atoms with Gasteiger partial charge in [-0.3, -0.25) is 14.3 Å². The summed E-state index contributed by atoms with van der Waals surface area (Å²) in [6.07, 6.45) is 3.54. The molecule has 0 aliphatic heterocycles. The first-order chi connectivity index (χ1) is 8.52. The molecule has 1 aromatic rings. The second-order valence-corrected chi connectivity index (χ2v) is 3.83. The van der Waals surface area contributed by atoms with Crippen molar-refractivity contribution < 1.29 is 9.59 Å². The molecule has 8 nitrogen and oxygen atoms in total. The first-order valence-corrected chi connectivity index (χ1v) is 5.56. The Morgan fingerprint density at radius 1 is 1.56 bits per heavy atom. The predicted molar refractivity (Wildman–Crippen MR) is 66.0 cm³/mol. The fourth-order valence-corrected chi connectivity index (χ4v) is 1.43. The van der Waals surface area contributed by atoms with Crippen LogP contribution in [0.4, 0.5) is 0 Å². The van der Waals surface area contributed by atoms with E-state index >= 15 is 0 Å². The van der Waals surface area contributed by atoms with Crippen molar-refractivity contribution >= 4 is 11.8 Å². The monoisotopic (exact) mass is 254 g/mol. The zero-order valence-electron chi connectivity index (χ0n) is 10.2. The Labute approximate surface area is 105 Å². The molecule has 0 unspecified atom stereocenters. The molecule has 0 aliphatic carbocycles. The number of hydrogen-bond acceptors (Lipinski definition) is 5. The van der Waals surface area contributed by atoms with Crippen molar-refractivity contribution in [1.29, 1.82) is 0 Å². The van der Waals surface area contributed by atoms with Crippen molar-refractivity contribution in [3.8, 4) is 0 Å². The molecule has 1 atom stereocenters. The largest absolute Gasteiger partial charge is 0.368 e. The molecule has 1 rings (SSSR count). The lowest BCUT2D eigenvalue weighted by Crippen LogP contribution is -2.45. The van der Waals surface area contributed by atoms with Crippen LogP contribution in [-0.2, 0) is 16.0 Å². The van der Waals surface area contributed by atoms with Crippen LogP contribution in [0.15, 0.2) is 12.5 Å². The molecule has 0 aromatic carbocycles. The summed E-state index contributed by atoms with van der Waals surface area (Å²) >= 11 is 0. The van der Waals surface area contributed by atoms with E-state index in [4.69, 9.17) is 11.5 Å². The van der Waals surface area contributed by atoms with Crippen LogP contribution in [0.3, 0.4) is 0 Å². The molecular weight excluding hydrogens is 236 g/mol. The smallest absolute Gasteiger partial charge is 0.240 e. The third-order valence-electron chi connectivity index (χ3n) is 2.21. The number of rotatable bonds is 7. The van der Waals surface area contributed by atoms with Crippen LogP contribution in [0, 0.1) is 0 Å². The van der Waals surface area contributed by atoms with E-state index in [0.717, 1.165) is 0 Å². The molecule has 1 aromatic heterocycles. The average molecular weight is 254 g/mol. The minimum absolute atomic E-state index is 0.256. The van der Waals surface area contributed by atoms with Crippen LogP contribution < -0.4 is 22.2 Å². The van der Waals surface area contributed by atoms with Crippen LogP contribution in [0.1, 0.15) is 12.6 Å². The molecule has 8 heteroatoms. The number of aromatic nitrogens is 2. The van der Waals surface area contributed by atoms with E-state index in [2.05, 4.69) is 15.7 Å². The van der Waals surface area contributed by atoms with E-state index in [1.54, 1.807) is 17.2 Å². The van der Waals surface area contributed by atoms with Gasteiger partial charge < -0.3 is 22.2 Å². The molecule has 0 saturated carbocycles. The maximum atomic E-state index is 11.2. The molecule has 1 heterocycles. The topological polar surface area (TPSA) is 128 Å². The minimum Gasteiger partial charge on any atom is -0.368 e. The summed E-state index contributed by atoms with van der Waals surface area (Å²) in [5.41, 5.74) is 14.2. The van der Waals surface area contributed by atoms with Crippen LogP contribution >= 0.6 is 0 Å². The lowest BCUT2D eigenvalue weighted by atomic mass is 10.1. The first kappa shape index (κ1) is 14.0. The summed E-state index contributed by atoms with van der Waals surface area (Å²) in [7, 11) is 0. The van der Waals surface area contributed by atoms with Crippen molar-refractivity contribution in [2.24, 2.45) is 11.5 Å². The third-order valence-corrected chi connectivity index (χ3v) is 2.21. The number of amides is 2. The van der Waals surface area contributed by atoms with Gasteiger partial charge in [0.25, 0.3) is 0 Å². The van der Waals surface area contributed by atoms with Gasteiger partial charge in [-0.25, -0.2) is 4.98 Å². The maximum Gasteiger partial charge on any atom is 0.240 e. The highest BCUT2D eigenvalue weighted by molar-refractivity contribution is 5.85. The van der Waals surface area contributed by atoms with Gasteiger partial charge in [0.15, 0.2) is 0 Å². The quantitative estimate of drug-likeness (QED) is 0.444. The summed E-state index contributed by atoms with van der Waals surface area (Å²) in [6.45, 7) is 2.45. The molecule has 18 heavy (non-hydrogen) atoms. The first-order valence-electron chi connectivity index (χ1n) is 5.56. The van der Waals surface area contributed by atoms with Gasteiger partial charge in [0, 0.05) is 32.6 Å². The molecule has 0 fully saturated rings. The van der Waals surface area contributed by atoms with Gasteiger partial charge in [-0.2, -0.15) is 0 Å². The van der Waals surface area contributed by atoms with Gasteiger partial charge in [-0.1, -0.05) is 0 Å².